The molecule has 128 valence electrons. The van der Waals surface area contributed by atoms with Crippen molar-refractivity contribution in [2.75, 3.05) is 0 Å². The van der Waals surface area contributed by atoms with Crippen molar-refractivity contribution in [2.24, 2.45) is 0 Å². The van der Waals surface area contributed by atoms with Gasteiger partial charge in [0.05, 0.1) is 0 Å². The van der Waals surface area contributed by atoms with Crippen LogP contribution in [0, 0.1) is 4.77 Å². The van der Waals surface area contributed by atoms with Crippen molar-refractivity contribution in [3.8, 4) is 0 Å². The Hall–Kier alpha value is -1.59. The van der Waals surface area contributed by atoms with Crippen molar-refractivity contribution < 1.29 is 30.0 Å². The first kappa shape index (κ1) is 17.8. The summed E-state index contributed by atoms with van der Waals surface area (Å²) < 4.78 is 6.44. The van der Waals surface area contributed by atoms with Gasteiger partial charge in [0.1, 0.15) is 18.3 Å². The van der Waals surface area contributed by atoms with Crippen LogP contribution in [0.2, 0.25) is 0 Å². The van der Waals surface area contributed by atoms with Crippen LogP contribution in [0.15, 0.2) is 10.9 Å². The van der Waals surface area contributed by atoms with Gasteiger partial charge in [0, 0.05) is 11.8 Å². The predicted molar refractivity (Wildman–Crippen MR) is 79.4 cm³/mol. The number of rotatable bonds is 4. The Bertz CT molecular complexity index is 700. The maximum Gasteiger partial charge on any atom is 0.335 e. The van der Waals surface area contributed by atoms with Crippen LogP contribution in [0.25, 0.3) is 0 Å². The van der Waals surface area contributed by atoms with Gasteiger partial charge in [0.15, 0.2) is 17.1 Å². The zero-order valence-corrected chi connectivity index (χ0v) is 13.1. The molecule has 1 aromatic heterocycles. The molecule has 0 bridgehead atoms. The minimum Gasteiger partial charge on any atom is -0.479 e. The molecule has 2 rings (SSSR count). The van der Waals surface area contributed by atoms with Gasteiger partial charge < -0.3 is 25.2 Å². The van der Waals surface area contributed by atoms with Crippen LogP contribution >= 0.6 is 12.2 Å². The van der Waals surface area contributed by atoms with Crippen molar-refractivity contribution in [3.63, 3.8) is 0 Å². The fourth-order valence-corrected chi connectivity index (χ4v) is 2.88. The first-order valence-electron chi connectivity index (χ1n) is 7.05. The number of ether oxygens (including phenoxy) is 1. The molecular weight excluding hydrogens is 328 g/mol. The fraction of sp³-hybridized carbons (Fsp3) is 0.615. The second-order valence-corrected chi connectivity index (χ2v) is 5.69. The molecule has 5 atom stereocenters. The van der Waals surface area contributed by atoms with E-state index in [1.807, 2.05) is 6.92 Å². The molecule has 5 N–H and O–H groups in total. The highest BCUT2D eigenvalue weighted by Gasteiger charge is 2.48. The molecule has 1 aliphatic rings. The summed E-state index contributed by atoms with van der Waals surface area (Å²) in [6.45, 7) is 1.87. The molecule has 9 nitrogen and oxygen atoms in total. The number of hydrogen-bond donors (Lipinski definition) is 5. The smallest absolute Gasteiger partial charge is 0.335 e. The van der Waals surface area contributed by atoms with E-state index in [1.54, 1.807) is 0 Å². The van der Waals surface area contributed by atoms with E-state index in [-0.39, 0.29) is 4.77 Å². The van der Waals surface area contributed by atoms with Crippen LogP contribution in [0.5, 0.6) is 0 Å². The monoisotopic (exact) mass is 346 g/mol. The van der Waals surface area contributed by atoms with Gasteiger partial charge in [-0.1, -0.05) is 13.3 Å². The zero-order valence-electron chi connectivity index (χ0n) is 12.2. The van der Waals surface area contributed by atoms with Gasteiger partial charge in [0.2, 0.25) is 0 Å². The van der Waals surface area contributed by atoms with Crippen molar-refractivity contribution in [1.82, 2.24) is 9.55 Å². The SMILES string of the molecule is CCCc1cc(=O)[nH]c(=S)n1C1O[C@H](C(=O)O)[C@@H](O)[C@H](O)[C@H]1O. The van der Waals surface area contributed by atoms with Gasteiger partial charge in [-0.15, -0.1) is 0 Å². The van der Waals surface area contributed by atoms with Gasteiger partial charge in [-0.25, -0.2) is 4.79 Å². The molecule has 0 aromatic carbocycles. The zero-order chi connectivity index (χ0) is 17.3. The number of carboxylic acids is 1. The maximum atomic E-state index is 11.6. The molecule has 1 fully saturated rings. The number of aliphatic hydroxyl groups excluding tert-OH is 3. The highest BCUT2D eigenvalue weighted by Crippen LogP contribution is 2.29. The Kier molecular flexibility index (Phi) is 5.32. The summed E-state index contributed by atoms with van der Waals surface area (Å²) in [6, 6.07) is 1.27. The Labute approximate surface area is 135 Å². The average Bonchev–Trinajstić information content (AvgIpc) is 2.46. The molecule has 0 saturated carbocycles. The van der Waals surface area contributed by atoms with Crippen LogP contribution in [0.4, 0.5) is 0 Å². The molecule has 1 unspecified atom stereocenters. The van der Waals surface area contributed by atoms with E-state index in [9.17, 15) is 24.9 Å². The lowest BCUT2D eigenvalue weighted by Gasteiger charge is -2.40. The molecule has 10 heteroatoms. The maximum absolute atomic E-state index is 11.6. The molecule has 23 heavy (non-hydrogen) atoms. The minimum absolute atomic E-state index is 0.0715. The first-order chi connectivity index (χ1) is 10.8. The van der Waals surface area contributed by atoms with Crippen molar-refractivity contribution in [3.05, 3.63) is 26.9 Å². The summed E-state index contributed by atoms with van der Waals surface area (Å²) in [5, 5.41) is 38.9. The van der Waals surface area contributed by atoms with E-state index >= 15 is 0 Å². The van der Waals surface area contributed by atoms with E-state index in [0.717, 1.165) is 0 Å². The molecule has 0 amide bonds. The van der Waals surface area contributed by atoms with E-state index in [4.69, 9.17) is 22.1 Å². The van der Waals surface area contributed by atoms with Gasteiger partial charge in [-0.2, -0.15) is 0 Å². The molecule has 1 saturated heterocycles. The molecule has 1 aliphatic heterocycles. The number of aliphatic hydroxyl groups is 3. The van der Waals surface area contributed by atoms with Crippen molar-refractivity contribution in [2.45, 2.75) is 50.4 Å². The largest absolute Gasteiger partial charge is 0.479 e. The van der Waals surface area contributed by atoms with Crippen LogP contribution in [0.3, 0.4) is 0 Å². The number of carbonyl (C=O) groups is 1. The van der Waals surface area contributed by atoms with Crippen LogP contribution in [0.1, 0.15) is 25.3 Å². The number of carboxylic acid groups (broad SMARTS) is 1. The number of hydrogen-bond acceptors (Lipinski definition) is 7. The number of aromatic amines is 1. The third-order valence-corrected chi connectivity index (χ3v) is 3.95. The summed E-state index contributed by atoms with van der Waals surface area (Å²) in [5.74, 6) is -1.48. The molecule has 2 heterocycles. The van der Waals surface area contributed by atoms with Gasteiger partial charge in [0.25, 0.3) is 5.56 Å². The van der Waals surface area contributed by atoms with Crippen molar-refractivity contribution in [1.29, 1.82) is 0 Å². The van der Waals surface area contributed by atoms with E-state index in [0.29, 0.717) is 18.5 Å². The lowest BCUT2D eigenvalue weighted by Crippen LogP contribution is -2.58. The molecule has 1 aromatic rings. The number of aryl methyl sites for hydroxylation is 1. The summed E-state index contributed by atoms with van der Waals surface area (Å²) in [7, 11) is 0. The van der Waals surface area contributed by atoms with Gasteiger partial charge in [-0.05, 0) is 18.6 Å². The number of aromatic nitrogens is 2. The molecular formula is C13H18N2O7S. The quantitative estimate of drug-likeness (QED) is 0.433. The first-order valence-corrected chi connectivity index (χ1v) is 7.46. The summed E-state index contributed by atoms with van der Waals surface area (Å²) in [6.07, 6.45) is -7.13. The molecule has 0 spiro atoms. The Morgan fingerprint density at radius 1 is 1.35 bits per heavy atom. The predicted octanol–water partition coefficient (Wildman–Crippen LogP) is -1.08. The topological polar surface area (TPSA) is 145 Å². The molecule has 0 aliphatic carbocycles. The Morgan fingerprint density at radius 3 is 2.57 bits per heavy atom. The summed E-state index contributed by atoms with van der Waals surface area (Å²) in [4.78, 5) is 25.1. The summed E-state index contributed by atoms with van der Waals surface area (Å²) in [5.41, 5.74) is -0.00612. The summed E-state index contributed by atoms with van der Waals surface area (Å²) >= 11 is 5.07. The second-order valence-electron chi connectivity index (χ2n) is 5.31. The Balaban J connectivity index is 2.53. The number of H-pyrrole nitrogens is 1. The van der Waals surface area contributed by atoms with Crippen molar-refractivity contribution >= 4 is 18.2 Å². The Morgan fingerprint density at radius 2 is 2.00 bits per heavy atom. The number of nitrogens with zero attached hydrogens (tertiary/aromatic N) is 1. The van der Waals surface area contributed by atoms with Gasteiger partial charge in [-0.3, -0.25) is 14.3 Å². The fourth-order valence-electron chi connectivity index (χ4n) is 2.56. The lowest BCUT2D eigenvalue weighted by molar-refractivity contribution is -0.247. The number of aliphatic carboxylic acids is 1. The number of nitrogens with one attached hydrogen (secondary N) is 1. The van der Waals surface area contributed by atoms with Crippen LogP contribution in [-0.2, 0) is 16.0 Å². The minimum atomic E-state index is -1.79. The third-order valence-electron chi connectivity index (χ3n) is 3.65. The third kappa shape index (κ3) is 3.35. The highest BCUT2D eigenvalue weighted by molar-refractivity contribution is 7.71. The molecule has 0 radical (unpaired) electrons. The highest BCUT2D eigenvalue weighted by atomic mass is 32.1. The normalized spacial score (nSPS) is 31.0. The lowest BCUT2D eigenvalue weighted by atomic mass is 9.97. The van der Waals surface area contributed by atoms with E-state index in [2.05, 4.69) is 4.98 Å². The second kappa shape index (κ2) is 6.89. The van der Waals surface area contributed by atoms with E-state index < -0.39 is 42.2 Å². The van der Waals surface area contributed by atoms with E-state index in [1.165, 1.54) is 10.6 Å². The standard InChI is InChI=1S/C13H18N2O7S/c1-2-3-5-4-6(16)14-13(23)15(5)11-9(19)7(17)8(18)10(22-11)12(20)21/h4,7-11,17-19H,2-3H2,1H3,(H,20,21)(H,14,16,23)/t7-,8-,9+,10-,11?/m0/s1. The van der Waals surface area contributed by atoms with Crippen LogP contribution < -0.4 is 5.56 Å². The van der Waals surface area contributed by atoms with Gasteiger partial charge >= 0.3 is 5.97 Å². The van der Waals surface area contributed by atoms with Crippen LogP contribution in [-0.4, -0.2) is 60.4 Å². The average molecular weight is 346 g/mol.